The Morgan fingerprint density at radius 1 is 0.560 bits per heavy atom. The number of aliphatic imine (C=N–C) groups is 2. The average molecular weight is 643 g/mol. The first kappa shape index (κ1) is 29.3. The first-order valence-corrected chi connectivity index (χ1v) is 16.6. The molecule has 0 atom stereocenters. The summed E-state index contributed by atoms with van der Waals surface area (Å²) in [6, 6.07) is 57.6. The molecule has 7 aromatic carbocycles. The highest BCUT2D eigenvalue weighted by Gasteiger charge is 2.18. The predicted octanol–water partition coefficient (Wildman–Crippen LogP) is 11.2. The molecule has 2 aromatic heterocycles. The van der Waals surface area contributed by atoms with Crippen molar-refractivity contribution in [2.75, 3.05) is 0 Å². The topological polar surface area (TPSA) is 66.6 Å². The van der Waals surface area contributed by atoms with E-state index in [2.05, 4.69) is 89.5 Å². The summed E-state index contributed by atoms with van der Waals surface area (Å²) in [4.78, 5) is 9.68. The van der Waals surface area contributed by atoms with E-state index in [4.69, 9.17) is 19.8 Å². The summed E-state index contributed by atoms with van der Waals surface area (Å²) in [5.41, 5.74) is 9.66. The maximum absolute atomic E-state index is 8.87. The molecule has 9 aromatic rings. The molecule has 5 heteroatoms. The molecule has 0 radical (unpaired) electrons. The second kappa shape index (κ2) is 12.3. The number of benzene rings is 7. The van der Waals surface area contributed by atoms with Crippen LogP contribution >= 0.6 is 0 Å². The monoisotopic (exact) mass is 642 g/mol. The number of aromatic nitrogens is 1. The maximum atomic E-state index is 8.87. The van der Waals surface area contributed by atoms with Gasteiger partial charge < -0.3 is 8.98 Å². The van der Waals surface area contributed by atoms with Gasteiger partial charge in [-0.15, -0.1) is 0 Å². The first-order valence-electron chi connectivity index (χ1n) is 16.6. The van der Waals surface area contributed by atoms with Crippen molar-refractivity contribution in [3.05, 3.63) is 187 Å². The van der Waals surface area contributed by atoms with Gasteiger partial charge in [0, 0.05) is 44.6 Å². The van der Waals surface area contributed by atoms with Crippen LogP contribution in [0.4, 0.5) is 0 Å². The number of furan rings is 1. The first-order chi connectivity index (χ1) is 24.7. The molecule has 0 aliphatic rings. The van der Waals surface area contributed by atoms with E-state index in [1.807, 2.05) is 84.9 Å². The third-order valence-corrected chi connectivity index (χ3v) is 9.16. The van der Waals surface area contributed by atoms with Crippen molar-refractivity contribution in [3.63, 3.8) is 0 Å². The zero-order valence-corrected chi connectivity index (χ0v) is 27.0. The van der Waals surface area contributed by atoms with Crippen LogP contribution in [-0.2, 0) is 0 Å². The van der Waals surface area contributed by atoms with Crippen LogP contribution in [0.2, 0.25) is 0 Å². The third kappa shape index (κ3) is 5.18. The number of fused-ring (bicyclic) bond motifs is 6. The van der Waals surface area contributed by atoms with Gasteiger partial charge >= 0.3 is 0 Å². The van der Waals surface area contributed by atoms with Crippen molar-refractivity contribution in [1.82, 2.24) is 4.57 Å². The molecule has 1 N–H and O–H groups in total. The Balaban J connectivity index is 1.21. The smallest absolute Gasteiger partial charge is 0.162 e. The molecule has 0 spiro atoms. The summed E-state index contributed by atoms with van der Waals surface area (Å²) in [6.45, 7) is 0. The third-order valence-electron chi connectivity index (χ3n) is 9.16. The molecular weight excluding hydrogens is 613 g/mol. The van der Waals surface area contributed by atoms with Gasteiger partial charge in [0.1, 0.15) is 11.2 Å². The van der Waals surface area contributed by atoms with E-state index in [-0.39, 0.29) is 5.84 Å². The van der Waals surface area contributed by atoms with Gasteiger partial charge in [0.2, 0.25) is 0 Å². The number of rotatable bonds is 5. The minimum Gasteiger partial charge on any atom is -0.456 e. The predicted molar refractivity (Wildman–Crippen MR) is 207 cm³/mol. The number of nitrogens with zero attached hydrogens (tertiary/aromatic N) is 3. The lowest BCUT2D eigenvalue weighted by Gasteiger charge is -2.08. The minimum absolute atomic E-state index is 0.138. The van der Waals surface area contributed by atoms with Crippen molar-refractivity contribution >= 4 is 61.6 Å². The van der Waals surface area contributed by atoms with Gasteiger partial charge in [-0.25, -0.2) is 9.98 Å². The van der Waals surface area contributed by atoms with Crippen LogP contribution in [0.5, 0.6) is 0 Å². The second-order valence-corrected chi connectivity index (χ2v) is 12.2. The van der Waals surface area contributed by atoms with Crippen LogP contribution < -0.4 is 0 Å². The van der Waals surface area contributed by atoms with Gasteiger partial charge in [0.05, 0.1) is 11.0 Å². The van der Waals surface area contributed by atoms with Gasteiger partial charge in [-0.05, 0) is 65.2 Å². The van der Waals surface area contributed by atoms with E-state index < -0.39 is 0 Å². The zero-order chi connectivity index (χ0) is 33.4. The summed E-state index contributed by atoms with van der Waals surface area (Å²) in [7, 11) is 0. The van der Waals surface area contributed by atoms with Gasteiger partial charge in [0.15, 0.2) is 11.7 Å². The SMILES string of the molecule is N=C(N=C(N=Cc1ccccc1)c1cccc2oc3ccc(-c4ccc5c(c4)c4ccccc4n5-c4ccccc4)cc3c12)c1ccccc1. The van der Waals surface area contributed by atoms with E-state index in [1.54, 1.807) is 6.21 Å². The van der Waals surface area contributed by atoms with Crippen LogP contribution in [0, 0.1) is 5.41 Å². The van der Waals surface area contributed by atoms with E-state index in [1.165, 1.54) is 16.3 Å². The second-order valence-electron chi connectivity index (χ2n) is 12.2. The number of hydrogen-bond acceptors (Lipinski definition) is 2. The summed E-state index contributed by atoms with van der Waals surface area (Å²) in [5, 5.41) is 13.2. The molecule has 50 heavy (non-hydrogen) atoms. The molecule has 0 saturated carbocycles. The fourth-order valence-electron chi connectivity index (χ4n) is 6.80. The minimum atomic E-state index is 0.138. The molecule has 9 rings (SSSR count). The summed E-state index contributed by atoms with van der Waals surface area (Å²) in [6.07, 6.45) is 1.80. The lowest BCUT2D eigenvalue weighted by Crippen LogP contribution is -2.05. The summed E-state index contributed by atoms with van der Waals surface area (Å²) < 4.78 is 8.73. The molecule has 2 heterocycles. The van der Waals surface area contributed by atoms with E-state index in [9.17, 15) is 0 Å². The molecular formula is C45H30N4O. The van der Waals surface area contributed by atoms with E-state index >= 15 is 0 Å². The standard InChI is InChI=1S/C45H30N4O/c46-44(31-15-6-2-7-16-31)48-45(47-29-30-13-4-1-5-14-30)36-20-12-22-42-43(36)38-28-33(24-26-41(38)50-42)32-23-25-40-37(27-32)35-19-10-11-21-39(35)49(40)34-17-8-3-9-18-34/h1-29,46H. The summed E-state index contributed by atoms with van der Waals surface area (Å²) in [5.74, 6) is 0.579. The van der Waals surface area contributed by atoms with Crippen molar-refractivity contribution in [1.29, 1.82) is 5.41 Å². The Hall–Kier alpha value is -6.85. The number of amidine groups is 2. The molecule has 0 bridgehead atoms. The fraction of sp³-hybridized carbons (Fsp3) is 0. The van der Waals surface area contributed by atoms with Crippen molar-refractivity contribution in [2.45, 2.75) is 0 Å². The highest BCUT2D eigenvalue weighted by atomic mass is 16.3. The van der Waals surface area contributed by atoms with Crippen molar-refractivity contribution < 1.29 is 4.42 Å². The van der Waals surface area contributed by atoms with Crippen LogP contribution in [-0.4, -0.2) is 22.5 Å². The van der Waals surface area contributed by atoms with Gasteiger partial charge in [-0.2, -0.15) is 0 Å². The van der Waals surface area contributed by atoms with Crippen LogP contribution in [0.1, 0.15) is 16.7 Å². The maximum Gasteiger partial charge on any atom is 0.162 e. The Bertz CT molecular complexity index is 2760. The average Bonchev–Trinajstić information content (AvgIpc) is 3.72. The molecule has 0 aliphatic carbocycles. The molecule has 0 amide bonds. The molecule has 0 aliphatic heterocycles. The molecule has 0 unspecified atom stereocenters. The molecule has 0 saturated heterocycles. The summed E-state index contributed by atoms with van der Waals surface area (Å²) >= 11 is 0. The lowest BCUT2D eigenvalue weighted by molar-refractivity contribution is 0.669. The normalized spacial score (nSPS) is 12.1. The van der Waals surface area contributed by atoms with Crippen molar-refractivity contribution in [3.8, 4) is 16.8 Å². The zero-order valence-electron chi connectivity index (χ0n) is 27.0. The van der Waals surface area contributed by atoms with E-state index in [0.29, 0.717) is 5.84 Å². The van der Waals surface area contributed by atoms with Crippen LogP contribution in [0.3, 0.4) is 0 Å². The highest BCUT2D eigenvalue weighted by Crippen LogP contribution is 2.38. The molecule has 236 valence electrons. The Morgan fingerprint density at radius 2 is 1.22 bits per heavy atom. The van der Waals surface area contributed by atoms with E-state index in [0.717, 1.165) is 61.0 Å². The molecule has 5 nitrogen and oxygen atoms in total. The lowest BCUT2D eigenvalue weighted by atomic mass is 9.99. The Morgan fingerprint density at radius 3 is 2.02 bits per heavy atom. The van der Waals surface area contributed by atoms with Crippen LogP contribution in [0.15, 0.2) is 184 Å². The number of hydrogen-bond donors (Lipinski definition) is 1. The number of nitrogens with one attached hydrogen (secondary N) is 1. The van der Waals surface area contributed by atoms with Gasteiger partial charge in [-0.3, -0.25) is 5.41 Å². The Labute approximate surface area is 288 Å². The largest absolute Gasteiger partial charge is 0.456 e. The fourth-order valence-corrected chi connectivity index (χ4v) is 6.80. The van der Waals surface area contributed by atoms with Crippen LogP contribution in [0.25, 0.3) is 60.6 Å². The number of para-hydroxylation sites is 2. The molecule has 0 fully saturated rings. The van der Waals surface area contributed by atoms with Gasteiger partial charge in [-0.1, -0.05) is 121 Å². The Kier molecular flexibility index (Phi) is 7.21. The quantitative estimate of drug-likeness (QED) is 0.147. The van der Waals surface area contributed by atoms with Gasteiger partial charge in [0.25, 0.3) is 0 Å². The van der Waals surface area contributed by atoms with Crippen molar-refractivity contribution in [2.24, 2.45) is 9.98 Å². The highest BCUT2D eigenvalue weighted by molar-refractivity contribution is 6.22.